The average Bonchev–Trinajstić information content (AvgIpc) is 3.22. The third-order valence-electron chi connectivity index (χ3n) is 3.32. The normalized spacial score (nSPS) is 16.6. The van der Waals surface area contributed by atoms with E-state index in [1.165, 1.54) is 0 Å². The monoisotopic (exact) mass is 319 g/mol. The number of hydrogen-bond acceptors (Lipinski definition) is 5. The Kier molecular flexibility index (Phi) is 5.13. The van der Waals surface area contributed by atoms with Crippen LogP contribution < -0.4 is 10.4 Å². The predicted octanol–water partition coefficient (Wildman–Crippen LogP) is 1.98. The van der Waals surface area contributed by atoms with Crippen LogP contribution in [0.5, 0.6) is 0 Å². The van der Waals surface area contributed by atoms with Gasteiger partial charge in [0.05, 0.1) is 5.54 Å². The number of hydrogen-bond donors (Lipinski definition) is 1. The smallest absolute Gasteiger partial charge is 0.407 e. The molecule has 6 nitrogen and oxygen atoms in total. The Morgan fingerprint density at radius 2 is 1.96 bits per heavy atom. The van der Waals surface area contributed by atoms with E-state index in [2.05, 4.69) is 10.3 Å². The molecule has 0 bridgehead atoms. The maximum absolute atomic E-state index is 11.7. The Morgan fingerprint density at radius 3 is 2.52 bits per heavy atom. The highest BCUT2D eigenvalue weighted by Gasteiger charge is 2.43. The largest absolute Gasteiger partial charge is 0.595 e. The Labute approximate surface area is 136 Å². The van der Waals surface area contributed by atoms with Crippen LogP contribution in [0.4, 0.5) is 4.79 Å². The number of benzene rings is 1. The van der Waals surface area contributed by atoms with Gasteiger partial charge in [0.15, 0.2) is 0 Å². The van der Waals surface area contributed by atoms with Gasteiger partial charge in [0.25, 0.3) is 0 Å². The van der Waals surface area contributed by atoms with Crippen LogP contribution in [0.1, 0.15) is 39.2 Å². The minimum atomic E-state index is -0.588. The lowest BCUT2D eigenvalue weighted by Crippen LogP contribution is -2.37. The molecule has 0 aliphatic heterocycles. The zero-order valence-electron chi connectivity index (χ0n) is 13.8. The van der Waals surface area contributed by atoms with E-state index in [1.54, 1.807) is 20.8 Å². The number of carbonyl (C=O) groups excluding carboxylic acids is 1. The molecule has 126 valence electrons. The maximum Gasteiger partial charge on any atom is 0.407 e. The highest BCUT2D eigenvalue weighted by atomic mass is 16.6. The van der Waals surface area contributed by atoms with Crippen LogP contribution >= 0.6 is 0 Å². The first-order valence-electron chi connectivity index (χ1n) is 7.68. The van der Waals surface area contributed by atoms with Crippen molar-refractivity contribution >= 4 is 12.2 Å². The summed E-state index contributed by atoms with van der Waals surface area (Å²) in [4.78, 5) is 15.8. The van der Waals surface area contributed by atoms with Gasteiger partial charge in [-0.1, -0.05) is 51.1 Å². The predicted molar refractivity (Wildman–Crippen MR) is 84.9 cm³/mol. The molecular formula is C17H23N2O4-. The van der Waals surface area contributed by atoms with Crippen molar-refractivity contribution in [2.24, 2.45) is 4.99 Å². The van der Waals surface area contributed by atoms with E-state index >= 15 is 0 Å². The molecule has 1 N–H and O–H groups in total. The first kappa shape index (κ1) is 17.1. The van der Waals surface area contributed by atoms with Gasteiger partial charge in [0.2, 0.25) is 0 Å². The SMILES string of the molecule is CC(C)(C)OC([O-])=NC1(CNC(=O)OCc2ccccc2)CC1. The maximum atomic E-state index is 11.7. The Bertz CT molecular complexity index is 560. The number of amides is 1. The molecule has 0 heterocycles. The van der Waals surface area contributed by atoms with Crippen molar-refractivity contribution in [3.8, 4) is 0 Å². The molecule has 1 aliphatic carbocycles. The van der Waals surface area contributed by atoms with Crippen LogP contribution in [0.15, 0.2) is 35.3 Å². The Hall–Kier alpha value is -2.24. The molecule has 1 aliphatic rings. The molecule has 1 aromatic rings. The lowest BCUT2D eigenvalue weighted by atomic mass is 10.2. The van der Waals surface area contributed by atoms with Gasteiger partial charge in [-0.15, -0.1) is 0 Å². The zero-order valence-corrected chi connectivity index (χ0v) is 13.8. The number of carbonyl (C=O) groups is 1. The van der Waals surface area contributed by atoms with Gasteiger partial charge in [0, 0.05) is 12.1 Å². The number of nitrogens with one attached hydrogen (secondary N) is 1. The molecule has 1 saturated carbocycles. The van der Waals surface area contributed by atoms with Crippen molar-refractivity contribution in [3.05, 3.63) is 35.9 Å². The van der Waals surface area contributed by atoms with Gasteiger partial charge < -0.3 is 19.9 Å². The lowest BCUT2D eigenvalue weighted by molar-refractivity contribution is -0.261. The second-order valence-electron chi connectivity index (χ2n) is 6.73. The van der Waals surface area contributed by atoms with Crippen molar-refractivity contribution in [2.75, 3.05) is 6.54 Å². The van der Waals surface area contributed by atoms with Gasteiger partial charge in [-0.2, -0.15) is 0 Å². The molecule has 6 heteroatoms. The summed E-state index contributed by atoms with van der Waals surface area (Å²) in [6.07, 6.45) is 0.408. The first-order valence-corrected chi connectivity index (χ1v) is 7.68. The molecule has 1 fully saturated rings. The summed E-state index contributed by atoms with van der Waals surface area (Å²) in [5.41, 5.74) is -0.186. The number of alkyl carbamates (subject to hydrolysis) is 1. The van der Waals surface area contributed by atoms with Crippen molar-refractivity contribution in [1.82, 2.24) is 5.32 Å². The zero-order chi connectivity index (χ0) is 16.9. The standard InChI is InChI=1S/C17H24N2O4/c1-16(2,3)23-15(21)19-17(9-10-17)12-18-14(20)22-11-13-7-5-4-6-8-13/h4-8H,9-12H2,1-3H3,(H,18,20)(H,19,21)/p-1. The summed E-state index contributed by atoms with van der Waals surface area (Å²) < 4.78 is 10.3. The molecule has 1 aromatic carbocycles. The molecule has 2 rings (SSSR count). The Balaban J connectivity index is 1.76. The molecule has 0 atom stereocenters. The molecular weight excluding hydrogens is 296 g/mol. The molecule has 1 amide bonds. The molecule has 0 aromatic heterocycles. The molecule has 23 heavy (non-hydrogen) atoms. The highest BCUT2D eigenvalue weighted by molar-refractivity contribution is 5.68. The topological polar surface area (TPSA) is 83.0 Å². The number of ether oxygens (including phenoxy) is 2. The van der Waals surface area contributed by atoms with Gasteiger partial charge in [0.1, 0.15) is 12.7 Å². The van der Waals surface area contributed by atoms with E-state index in [0.717, 1.165) is 18.4 Å². The quantitative estimate of drug-likeness (QED) is 0.664. The molecule has 0 saturated heterocycles. The average molecular weight is 319 g/mol. The van der Waals surface area contributed by atoms with E-state index in [1.807, 2.05) is 30.3 Å². The van der Waals surface area contributed by atoms with E-state index in [0.29, 0.717) is 0 Å². The van der Waals surface area contributed by atoms with Crippen LogP contribution in [0.3, 0.4) is 0 Å². The summed E-state index contributed by atoms with van der Waals surface area (Å²) >= 11 is 0. The molecule has 0 unspecified atom stereocenters. The van der Waals surface area contributed by atoms with Crippen LogP contribution in [0, 0.1) is 0 Å². The Morgan fingerprint density at radius 1 is 1.30 bits per heavy atom. The summed E-state index contributed by atoms with van der Waals surface area (Å²) in [5, 5.41) is 14.4. The number of aliphatic imine (C=N–C) groups is 1. The lowest BCUT2D eigenvalue weighted by Gasteiger charge is -2.30. The second kappa shape index (κ2) is 6.89. The third kappa shape index (κ3) is 6.18. The third-order valence-corrected chi connectivity index (χ3v) is 3.32. The van der Waals surface area contributed by atoms with E-state index in [9.17, 15) is 9.90 Å². The van der Waals surface area contributed by atoms with Crippen molar-refractivity contribution in [2.45, 2.75) is 51.4 Å². The van der Waals surface area contributed by atoms with Gasteiger partial charge in [-0.05, 0) is 18.4 Å². The van der Waals surface area contributed by atoms with E-state index < -0.39 is 23.3 Å². The summed E-state index contributed by atoms with van der Waals surface area (Å²) in [7, 11) is 0. The van der Waals surface area contributed by atoms with Gasteiger partial charge >= 0.3 is 6.09 Å². The van der Waals surface area contributed by atoms with Crippen molar-refractivity contribution in [3.63, 3.8) is 0 Å². The fraction of sp³-hybridized carbons (Fsp3) is 0.529. The van der Waals surface area contributed by atoms with Crippen LogP contribution in [-0.2, 0) is 16.1 Å². The fourth-order valence-corrected chi connectivity index (χ4v) is 1.96. The van der Waals surface area contributed by atoms with Crippen molar-refractivity contribution < 1.29 is 19.4 Å². The minimum absolute atomic E-state index is 0.211. The minimum Gasteiger partial charge on any atom is -0.595 e. The summed E-state index contributed by atoms with van der Waals surface area (Å²) in [6.45, 7) is 5.86. The summed E-state index contributed by atoms with van der Waals surface area (Å²) in [5.74, 6) is 0. The van der Waals surface area contributed by atoms with Gasteiger partial charge in [-0.3, -0.25) is 4.99 Å². The van der Waals surface area contributed by atoms with Gasteiger partial charge in [-0.25, -0.2) is 4.79 Å². The van der Waals surface area contributed by atoms with E-state index in [-0.39, 0.29) is 13.2 Å². The molecule has 0 spiro atoms. The number of rotatable bonds is 5. The first-order chi connectivity index (χ1) is 10.8. The van der Waals surface area contributed by atoms with Crippen molar-refractivity contribution in [1.29, 1.82) is 0 Å². The fourth-order valence-electron chi connectivity index (χ4n) is 1.96. The van der Waals surface area contributed by atoms with Crippen LogP contribution in [0.2, 0.25) is 0 Å². The number of nitrogens with zero attached hydrogens (tertiary/aromatic N) is 1. The van der Waals surface area contributed by atoms with Crippen LogP contribution in [-0.4, -0.2) is 29.9 Å². The highest BCUT2D eigenvalue weighted by Crippen LogP contribution is 2.39. The summed E-state index contributed by atoms with van der Waals surface area (Å²) in [6, 6.07) is 9.44. The second-order valence-corrected chi connectivity index (χ2v) is 6.73. The van der Waals surface area contributed by atoms with Crippen LogP contribution in [0.25, 0.3) is 0 Å². The van der Waals surface area contributed by atoms with E-state index in [4.69, 9.17) is 9.47 Å². The molecule has 0 radical (unpaired) electrons.